The molecule has 1 aliphatic rings. The molecule has 4 nitrogen and oxygen atoms in total. The Balaban J connectivity index is 2.12. The van der Waals surface area contributed by atoms with Crippen molar-refractivity contribution < 1.29 is 4.79 Å². The molecule has 0 spiro atoms. The predicted octanol–water partition coefficient (Wildman–Crippen LogP) is 2.18. The van der Waals surface area contributed by atoms with Gasteiger partial charge in [0.1, 0.15) is 10.6 Å². The molecule has 1 aliphatic carbocycles. The van der Waals surface area contributed by atoms with Crippen LogP contribution in [-0.2, 0) is 4.79 Å². The van der Waals surface area contributed by atoms with Gasteiger partial charge in [-0.15, -0.1) is 11.8 Å². The normalized spacial score (nSPS) is 18.0. The molecule has 0 bridgehead atoms. The van der Waals surface area contributed by atoms with Crippen LogP contribution in [0, 0.1) is 5.92 Å². The van der Waals surface area contributed by atoms with Crippen LogP contribution in [-0.4, -0.2) is 28.7 Å². The highest BCUT2D eigenvalue weighted by Gasteiger charge is 2.49. The Hall–Kier alpha value is -0.590. The summed E-state index contributed by atoms with van der Waals surface area (Å²) >= 11 is 5.04. The smallest absolute Gasteiger partial charge is 0.238 e. The van der Waals surface area contributed by atoms with Crippen LogP contribution in [0.4, 0.5) is 0 Å². The van der Waals surface area contributed by atoms with E-state index in [9.17, 15) is 4.79 Å². The quantitative estimate of drug-likeness (QED) is 0.744. The molecule has 1 aromatic heterocycles. The molecule has 6 heteroatoms. The Bertz CT molecular complexity index is 467. The number of likely N-dealkylation sites (N-methyl/N-ethyl adjacent to an activating group) is 1. The van der Waals surface area contributed by atoms with Gasteiger partial charge in [-0.3, -0.25) is 4.79 Å². The Morgan fingerprint density at radius 3 is 2.95 bits per heavy atom. The highest BCUT2D eigenvalue weighted by atomic mass is 79.9. The first kappa shape index (κ1) is 14.8. The number of hydrogen-bond acceptors (Lipinski definition) is 4. The molecular weight excluding hydrogens is 326 g/mol. The number of nitrogens with one attached hydrogen (secondary N) is 1. The van der Waals surface area contributed by atoms with Crippen molar-refractivity contribution in [2.45, 2.75) is 30.3 Å². The molecule has 1 aromatic rings. The molecule has 0 aromatic carbocycles. The number of amides is 1. The van der Waals surface area contributed by atoms with Crippen LogP contribution in [0.25, 0.3) is 0 Å². The van der Waals surface area contributed by atoms with Gasteiger partial charge in [-0.1, -0.05) is 6.92 Å². The minimum Gasteiger partial charge on any atom is -0.368 e. The number of thioether (sulfide) groups is 1. The number of halogens is 1. The van der Waals surface area contributed by atoms with Crippen LogP contribution in [0.2, 0.25) is 0 Å². The van der Waals surface area contributed by atoms with Crippen molar-refractivity contribution >= 4 is 33.6 Å². The Kier molecular flexibility index (Phi) is 4.86. The Morgan fingerprint density at radius 2 is 2.42 bits per heavy atom. The second kappa shape index (κ2) is 6.24. The maximum absolute atomic E-state index is 11.9. The lowest BCUT2D eigenvalue weighted by molar-refractivity contribution is -0.124. The van der Waals surface area contributed by atoms with Gasteiger partial charge in [0.25, 0.3) is 0 Å². The van der Waals surface area contributed by atoms with E-state index >= 15 is 0 Å². The van der Waals surface area contributed by atoms with Crippen LogP contribution in [0.3, 0.4) is 0 Å². The number of nitrogens with two attached hydrogens (primary N) is 1. The maximum Gasteiger partial charge on any atom is 0.238 e. The number of primary amides is 1. The van der Waals surface area contributed by atoms with Gasteiger partial charge in [0.05, 0.1) is 0 Å². The van der Waals surface area contributed by atoms with E-state index in [1.165, 1.54) is 0 Å². The molecule has 1 heterocycles. The van der Waals surface area contributed by atoms with Gasteiger partial charge >= 0.3 is 0 Å². The third kappa shape index (κ3) is 3.30. The highest BCUT2D eigenvalue weighted by molar-refractivity contribution is 9.10. The zero-order valence-corrected chi connectivity index (χ0v) is 13.3. The lowest BCUT2D eigenvalue weighted by Crippen LogP contribution is -2.59. The van der Waals surface area contributed by atoms with Gasteiger partial charge in [0.2, 0.25) is 5.91 Å². The Morgan fingerprint density at radius 1 is 1.68 bits per heavy atom. The van der Waals surface area contributed by atoms with E-state index < -0.39 is 5.54 Å². The summed E-state index contributed by atoms with van der Waals surface area (Å²) < 4.78 is 0.950. The standard InChI is InChI=1S/C13H18BrN3OS/c1-2-17-13(12(15)18,9-5-6-9)8-19-11-10(14)4-3-7-16-11/h3-4,7,9,17H,2,5-6,8H2,1H3,(H2,15,18). The van der Waals surface area contributed by atoms with Crippen molar-refractivity contribution in [3.05, 3.63) is 22.8 Å². The van der Waals surface area contributed by atoms with Crippen molar-refractivity contribution in [3.8, 4) is 0 Å². The van der Waals surface area contributed by atoms with Crippen LogP contribution in [0.15, 0.2) is 27.8 Å². The van der Waals surface area contributed by atoms with Gasteiger partial charge in [0, 0.05) is 16.4 Å². The molecular formula is C13H18BrN3OS. The van der Waals surface area contributed by atoms with Crippen LogP contribution >= 0.6 is 27.7 Å². The fourth-order valence-corrected chi connectivity index (χ4v) is 4.01. The monoisotopic (exact) mass is 343 g/mol. The number of carbonyl (C=O) groups is 1. The molecule has 0 radical (unpaired) electrons. The van der Waals surface area contributed by atoms with E-state index in [4.69, 9.17) is 5.73 Å². The average molecular weight is 344 g/mol. The van der Waals surface area contributed by atoms with E-state index in [-0.39, 0.29) is 5.91 Å². The lowest BCUT2D eigenvalue weighted by atomic mass is 9.94. The molecule has 1 atom stereocenters. The number of hydrogen-bond donors (Lipinski definition) is 2. The second-order valence-corrected chi connectivity index (χ2v) is 6.54. The fourth-order valence-electron chi connectivity index (χ4n) is 2.22. The Labute approximate surface area is 126 Å². The summed E-state index contributed by atoms with van der Waals surface area (Å²) in [4.78, 5) is 16.2. The summed E-state index contributed by atoms with van der Waals surface area (Å²) in [6, 6.07) is 3.83. The zero-order valence-electron chi connectivity index (χ0n) is 10.9. The number of aromatic nitrogens is 1. The second-order valence-electron chi connectivity index (χ2n) is 4.72. The van der Waals surface area contributed by atoms with E-state index in [1.54, 1.807) is 18.0 Å². The molecule has 1 saturated carbocycles. The van der Waals surface area contributed by atoms with Gasteiger partial charge in [-0.2, -0.15) is 0 Å². The molecule has 1 amide bonds. The van der Waals surface area contributed by atoms with E-state index in [0.29, 0.717) is 11.7 Å². The lowest BCUT2D eigenvalue weighted by Gasteiger charge is -2.31. The first-order valence-corrected chi connectivity index (χ1v) is 8.16. The van der Waals surface area contributed by atoms with Gasteiger partial charge < -0.3 is 11.1 Å². The minimum atomic E-state index is -0.601. The molecule has 2 rings (SSSR count). The van der Waals surface area contributed by atoms with Gasteiger partial charge in [-0.05, 0) is 53.4 Å². The zero-order chi connectivity index (χ0) is 13.9. The number of carbonyl (C=O) groups excluding carboxylic acids is 1. The van der Waals surface area contributed by atoms with Crippen molar-refractivity contribution in [1.29, 1.82) is 0 Å². The summed E-state index contributed by atoms with van der Waals surface area (Å²) in [5.74, 6) is 0.729. The molecule has 1 fully saturated rings. The third-order valence-electron chi connectivity index (χ3n) is 3.37. The minimum absolute atomic E-state index is 0.253. The van der Waals surface area contributed by atoms with E-state index in [1.807, 2.05) is 19.1 Å². The van der Waals surface area contributed by atoms with Crippen LogP contribution in [0.1, 0.15) is 19.8 Å². The molecule has 19 heavy (non-hydrogen) atoms. The topological polar surface area (TPSA) is 68.0 Å². The molecule has 0 saturated heterocycles. The summed E-state index contributed by atoms with van der Waals surface area (Å²) in [6.07, 6.45) is 3.89. The van der Waals surface area contributed by atoms with Crippen molar-refractivity contribution in [1.82, 2.24) is 10.3 Å². The van der Waals surface area contributed by atoms with E-state index in [2.05, 4.69) is 26.2 Å². The molecule has 0 aliphatic heterocycles. The largest absolute Gasteiger partial charge is 0.368 e. The average Bonchev–Trinajstić information content (AvgIpc) is 3.20. The number of pyridine rings is 1. The summed E-state index contributed by atoms with van der Waals surface area (Å²) in [5.41, 5.74) is 5.05. The van der Waals surface area contributed by atoms with E-state index in [0.717, 1.165) is 28.9 Å². The van der Waals surface area contributed by atoms with Crippen molar-refractivity contribution in [2.24, 2.45) is 11.7 Å². The molecule has 104 valence electrons. The third-order valence-corrected chi connectivity index (χ3v) is 5.47. The summed E-state index contributed by atoms with van der Waals surface area (Å²) in [5, 5.41) is 4.20. The summed E-state index contributed by atoms with van der Waals surface area (Å²) in [7, 11) is 0. The van der Waals surface area contributed by atoms with Crippen molar-refractivity contribution in [3.63, 3.8) is 0 Å². The van der Waals surface area contributed by atoms with Gasteiger partial charge in [0.15, 0.2) is 0 Å². The predicted molar refractivity (Wildman–Crippen MR) is 81.0 cm³/mol. The van der Waals surface area contributed by atoms with Crippen LogP contribution < -0.4 is 11.1 Å². The molecule has 3 N–H and O–H groups in total. The highest BCUT2D eigenvalue weighted by Crippen LogP contribution is 2.42. The maximum atomic E-state index is 11.9. The first-order chi connectivity index (χ1) is 9.10. The van der Waals surface area contributed by atoms with Crippen LogP contribution in [0.5, 0.6) is 0 Å². The first-order valence-electron chi connectivity index (χ1n) is 6.38. The number of nitrogens with zero attached hydrogens (tertiary/aromatic N) is 1. The van der Waals surface area contributed by atoms with Gasteiger partial charge in [-0.25, -0.2) is 4.98 Å². The van der Waals surface area contributed by atoms with Crippen molar-refractivity contribution in [2.75, 3.05) is 12.3 Å². The number of rotatable bonds is 7. The fraction of sp³-hybridized carbons (Fsp3) is 0.538. The SMILES string of the molecule is CCNC(CSc1ncccc1Br)(C(N)=O)C1CC1. The molecule has 1 unspecified atom stereocenters. The summed E-state index contributed by atoms with van der Waals surface area (Å²) in [6.45, 7) is 2.74.